The summed E-state index contributed by atoms with van der Waals surface area (Å²) in [6.07, 6.45) is 9.11. The zero-order valence-electron chi connectivity index (χ0n) is 18.6. The molecule has 6 nitrogen and oxygen atoms in total. The number of benzene rings is 2. The molecule has 0 radical (unpaired) electrons. The van der Waals surface area contributed by atoms with Crippen molar-refractivity contribution in [2.75, 3.05) is 6.61 Å². The first-order valence-electron chi connectivity index (χ1n) is 11.3. The quantitative estimate of drug-likeness (QED) is 0.270. The van der Waals surface area contributed by atoms with Crippen molar-refractivity contribution in [2.24, 2.45) is 0 Å². The van der Waals surface area contributed by atoms with Crippen LogP contribution in [0, 0.1) is 0 Å². The predicted octanol–water partition coefficient (Wildman–Crippen LogP) is 5.76. The van der Waals surface area contributed by atoms with Crippen LogP contribution >= 0.6 is 0 Å². The van der Waals surface area contributed by atoms with Gasteiger partial charge in [0.05, 0.1) is 18.6 Å². The summed E-state index contributed by atoms with van der Waals surface area (Å²) < 4.78 is 5.82. The van der Waals surface area contributed by atoms with Gasteiger partial charge in [0.15, 0.2) is 5.78 Å². The summed E-state index contributed by atoms with van der Waals surface area (Å²) in [5, 5.41) is 18.6. The minimum absolute atomic E-state index is 0.0638. The van der Waals surface area contributed by atoms with Crippen LogP contribution in [0.5, 0.6) is 5.75 Å². The lowest BCUT2D eigenvalue weighted by molar-refractivity contribution is -0.136. The van der Waals surface area contributed by atoms with Gasteiger partial charge >= 0.3 is 11.9 Å². The summed E-state index contributed by atoms with van der Waals surface area (Å²) in [5.74, 6) is -2.25. The fraction of sp³-hybridized carbons (Fsp3) is 0.423. The van der Waals surface area contributed by atoms with E-state index in [0.717, 1.165) is 19.3 Å². The van der Waals surface area contributed by atoms with Gasteiger partial charge in [0.1, 0.15) is 5.75 Å². The van der Waals surface area contributed by atoms with Crippen LogP contribution in [-0.4, -0.2) is 34.5 Å². The molecule has 0 saturated carbocycles. The lowest BCUT2D eigenvalue weighted by atomic mass is 9.96. The van der Waals surface area contributed by atoms with Crippen LogP contribution in [0.2, 0.25) is 0 Å². The summed E-state index contributed by atoms with van der Waals surface area (Å²) in [6, 6.07) is 10.6. The van der Waals surface area contributed by atoms with Crippen LogP contribution in [0.25, 0.3) is 0 Å². The Morgan fingerprint density at radius 2 is 1.44 bits per heavy atom. The molecule has 2 aromatic carbocycles. The predicted molar refractivity (Wildman–Crippen MR) is 123 cm³/mol. The van der Waals surface area contributed by atoms with Crippen molar-refractivity contribution in [2.45, 2.75) is 64.7 Å². The molecule has 0 unspecified atom stereocenters. The van der Waals surface area contributed by atoms with Crippen LogP contribution in [0.4, 0.5) is 0 Å². The Kier molecular flexibility index (Phi) is 10.4. The third-order valence-corrected chi connectivity index (χ3v) is 5.32. The highest BCUT2D eigenvalue weighted by atomic mass is 16.5. The second kappa shape index (κ2) is 13.3. The van der Waals surface area contributed by atoms with E-state index in [4.69, 9.17) is 4.74 Å². The minimum atomic E-state index is -1.19. The Morgan fingerprint density at radius 3 is 2.06 bits per heavy atom. The third kappa shape index (κ3) is 7.84. The van der Waals surface area contributed by atoms with Gasteiger partial charge in [-0.2, -0.15) is 0 Å². The number of rotatable bonds is 15. The van der Waals surface area contributed by atoms with E-state index < -0.39 is 17.7 Å². The smallest absolute Gasteiger partial charge is 0.336 e. The van der Waals surface area contributed by atoms with Gasteiger partial charge in [0, 0.05) is 16.7 Å². The van der Waals surface area contributed by atoms with E-state index in [-0.39, 0.29) is 23.1 Å². The van der Waals surface area contributed by atoms with Crippen molar-refractivity contribution < 1.29 is 29.3 Å². The number of aromatic carboxylic acids is 1. The van der Waals surface area contributed by atoms with Gasteiger partial charge in [-0.15, -0.1) is 0 Å². The number of carbonyl (C=O) groups excluding carboxylic acids is 1. The fourth-order valence-corrected chi connectivity index (χ4v) is 3.60. The molecule has 0 bridgehead atoms. The summed E-state index contributed by atoms with van der Waals surface area (Å²) in [5.41, 5.74) is 0.603. The molecule has 0 fully saturated rings. The lowest BCUT2D eigenvalue weighted by Crippen LogP contribution is -2.11. The average molecular weight is 441 g/mol. The first-order chi connectivity index (χ1) is 15.4. The summed E-state index contributed by atoms with van der Waals surface area (Å²) in [4.78, 5) is 35.6. The molecular weight excluding hydrogens is 408 g/mol. The summed E-state index contributed by atoms with van der Waals surface area (Å²) in [7, 11) is 0. The molecule has 6 heteroatoms. The number of hydrogen-bond acceptors (Lipinski definition) is 4. The highest BCUT2D eigenvalue weighted by molar-refractivity contribution is 6.14. The molecule has 2 rings (SSSR count). The molecule has 0 heterocycles. The van der Waals surface area contributed by atoms with E-state index in [1.165, 1.54) is 50.3 Å². The molecular formula is C26H32O6. The van der Waals surface area contributed by atoms with E-state index in [1.54, 1.807) is 24.3 Å². The molecule has 0 aromatic heterocycles. The maximum absolute atomic E-state index is 12.9. The Labute approximate surface area is 189 Å². The van der Waals surface area contributed by atoms with Crippen LogP contribution in [0.15, 0.2) is 42.5 Å². The first kappa shape index (κ1) is 25.1. The van der Waals surface area contributed by atoms with Gasteiger partial charge in [0.25, 0.3) is 0 Å². The number of aliphatic carboxylic acids is 1. The molecule has 0 atom stereocenters. The summed E-state index contributed by atoms with van der Waals surface area (Å²) in [6.45, 7) is 2.68. The van der Waals surface area contributed by atoms with Crippen molar-refractivity contribution in [1.29, 1.82) is 0 Å². The SMILES string of the molecule is CCCCCCCCCCOc1ccc(C(=O)c2ccccc2C(=O)O)cc1CC(=O)O. The van der Waals surface area contributed by atoms with Gasteiger partial charge in [-0.05, 0) is 30.7 Å². The largest absolute Gasteiger partial charge is 0.493 e. The second-order valence-corrected chi connectivity index (χ2v) is 7.90. The Hall–Kier alpha value is -3.15. The Bertz CT molecular complexity index is 918. The molecule has 0 aliphatic rings. The zero-order valence-corrected chi connectivity index (χ0v) is 18.6. The van der Waals surface area contributed by atoms with Gasteiger partial charge in [0.2, 0.25) is 0 Å². The van der Waals surface area contributed by atoms with Crippen LogP contribution in [0.1, 0.15) is 90.1 Å². The number of unbranched alkanes of at least 4 members (excludes halogenated alkanes) is 7. The third-order valence-electron chi connectivity index (χ3n) is 5.32. The van der Waals surface area contributed by atoms with Crippen LogP contribution in [0.3, 0.4) is 0 Å². The molecule has 0 aliphatic carbocycles. The van der Waals surface area contributed by atoms with Gasteiger partial charge in [-0.3, -0.25) is 9.59 Å². The average Bonchev–Trinajstić information content (AvgIpc) is 2.77. The number of carboxylic acids is 2. The highest BCUT2D eigenvalue weighted by Gasteiger charge is 2.19. The van der Waals surface area contributed by atoms with Crippen LogP contribution in [-0.2, 0) is 11.2 Å². The van der Waals surface area contributed by atoms with E-state index in [2.05, 4.69) is 6.92 Å². The molecule has 0 amide bonds. The molecule has 172 valence electrons. The van der Waals surface area contributed by atoms with Gasteiger partial charge in [-0.1, -0.05) is 70.1 Å². The van der Waals surface area contributed by atoms with Crippen molar-refractivity contribution >= 4 is 17.7 Å². The number of hydrogen-bond donors (Lipinski definition) is 2. The second-order valence-electron chi connectivity index (χ2n) is 7.90. The molecule has 0 spiro atoms. The van der Waals surface area contributed by atoms with E-state index in [0.29, 0.717) is 17.9 Å². The number of ether oxygens (including phenoxy) is 1. The minimum Gasteiger partial charge on any atom is -0.493 e. The van der Waals surface area contributed by atoms with E-state index in [9.17, 15) is 24.6 Å². The Morgan fingerprint density at radius 1 is 0.812 bits per heavy atom. The summed E-state index contributed by atoms with van der Waals surface area (Å²) >= 11 is 0. The molecule has 0 aliphatic heterocycles. The van der Waals surface area contributed by atoms with E-state index >= 15 is 0 Å². The molecule has 2 N–H and O–H groups in total. The molecule has 2 aromatic rings. The fourth-order valence-electron chi connectivity index (χ4n) is 3.60. The Balaban J connectivity index is 2.02. The molecule has 0 saturated heterocycles. The van der Waals surface area contributed by atoms with Crippen LogP contribution < -0.4 is 4.74 Å². The van der Waals surface area contributed by atoms with Crippen molar-refractivity contribution in [3.63, 3.8) is 0 Å². The lowest BCUT2D eigenvalue weighted by Gasteiger charge is -2.13. The van der Waals surface area contributed by atoms with Gasteiger partial charge < -0.3 is 14.9 Å². The maximum Gasteiger partial charge on any atom is 0.336 e. The van der Waals surface area contributed by atoms with E-state index in [1.807, 2.05) is 0 Å². The first-order valence-corrected chi connectivity index (χ1v) is 11.3. The highest BCUT2D eigenvalue weighted by Crippen LogP contribution is 2.24. The number of ketones is 1. The topological polar surface area (TPSA) is 101 Å². The number of carboxylic acid groups (broad SMARTS) is 2. The van der Waals surface area contributed by atoms with Gasteiger partial charge in [-0.25, -0.2) is 4.79 Å². The normalized spacial score (nSPS) is 10.7. The van der Waals surface area contributed by atoms with Crippen molar-refractivity contribution in [1.82, 2.24) is 0 Å². The maximum atomic E-state index is 12.9. The van der Waals surface area contributed by atoms with Crippen molar-refractivity contribution in [3.05, 3.63) is 64.7 Å². The monoisotopic (exact) mass is 440 g/mol. The zero-order chi connectivity index (χ0) is 23.3. The standard InChI is InChI=1S/C26H32O6/c1-2-3-4-5-6-7-8-11-16-32-23-15-14-19(17-20(23)18-24(27)28)25(29)21-12-9-10-13-22(21)26(30)31/h9-10,12-15,17H,2-8,11,16,18H2,1H3,(H,27,28)(H,30,31). The molecule has 32 heavy (non-hydrogen) atoms. The number of carbonyl (C=O) groups is 3. The van der Waals surface area contributed by atoms with Crippen molar-refractivity contribution in [3.8, 4) is 5.75 Å².